The number of halogens is 1. The van der Waals surface area contributed by atoms with Crippen LogP contribution in [0.25, 0.3) is 0 Å². The Kier molecular flexibility index (Phi) is 19.4. The molecule has 0 unspecified atom stereocenters. The van der Waals surface area contributed by atoms with Gasteiger partial charge in [-0.3, -0.25) is 9.59 Å². The van der Waals surface area contributed by atoms with E-state index in [2.05, 4.69) is 24.6 Å². The number of hydrogen-bond donors (Lipinski definition) is 2. The molecule has 0 spiro atoms. The number of allylic oxidation sites excluding steroid dienone is 2. The van der Waals surface area contributed by atoms with Gasteiger partial charge in [-0.15, -0.1) is 0 Å². The summed E-state index contributed by atoms with van der Waals surface area (Å²) in [5.41, 5.74) is 0. The molecule has 2 N–H and O–H groups in total. The summed E-state index contributed by atoms with van der Waals surface area (Å²) in [4.78, 5) is 23.6. The van der Waals surface area contributed by atoms with E-state index in [0.29, 0.717) is 12.8 Å². The van der Waals surface area contributed by atoms with Gasteiger partial charge in [0.05, 0.1) is 26.7 Å². The van der Waals surface area contributed by atoms with E-state index in [9.17, 15) is 9.59 Å². The molecule has 6 heteroatoms. The van der Waals surface area contributed by atoms with Gasteiger partial charge in [0, 0.05) is 39.8 Å². The summed E-state index contributed by atoms with van der Waals surface area (Å²) in [7, 11) is 5.86. The first-order valence-corrected chi connectivity index (χ1v) is 10.0. The highest BCUT2D eigenvalue weighted by Gasteiger charge is 2.21. The van der Waals surface area contributed by atoms with Crippen molar-refractivity contribution in [3.63, 3.8) is 0 Å². The van der Waals surface area contributed by atoms with E-state index < -0.39 is 0 Å². The third-order valence-corrected chi connectivity index (χ3v) is 4.67. The molecule has 0 saturated heterocycles. The van der Waals surface area contributed by atoms with Gasteiger partial charge in [-0.2, -0.15) is 0 Å². The van der Waals surface area contributed by atoms with Crippen LogP contribution in [0.3, 0.4) is 0 Å². The third kappa shape index (κ3) is 17.0. The van der Waals surface area contributed by atoms with Crippen molar-refractivity contribution in [2.24, 2.45) is 0 Å². The molecule has 0 saturated carbocycles. The van der Waals surface area contributed by atoms with Crippen molar-refractivity contribution in [1.82, 2.24) is 10.6 Å². The van der Waals surface area contributed by atoms with E-state index in [0.717, 1.165) is 37.0 Å². The molecule has 5 nitrogen and oxygen atoms in total. The fraction of sp³-hybridized carbons (Fsp3) is 0.714. The smallest absolute Gasteiger partial charge is 0.157 e. The largest absolute Gasteiger partial charge is 1.00 e. The van der Waals surface area contributed by atoms with Crippen LogP contribution >= 0.6 is 0 Å². The second kappa shape index (κ2) is 18.5. The molecule has 0 aliphatic heterocycles. The first-order valence-electron chi connectivity index (χ1n) is 10.0. The molecule has 0 heterocycles. The number of hydrogen-bond acceptors (Lipinski definition) is 4. The minimum absolute atomic E-state index is 0. The number of carbonyl (C=O) groups excluding carboxylic acids is 2. The maximum Gasteiger partial charge on any atom is 0.157 e. The van der Waals surface area contributed by atoms with Gasteiger partial charge in [0.1, 0.15) is 0 Å². The van der Waals surface area contributed by atoms with Crippen LogP contribution in [-0.2, 0) is 9.59 Å². The number of unbranched alkanes of at least 4 members (excludes halogenated alkanes) is 3. The van der Waals surface area contributed by atoms with Crippen molar-refractivity contribution < 1.29 is 38.0 Å². The molecule has 0 fully saturated rings. The molecule has 0 aliphatic rings. The Labute approximate surface area is 183 Å². The van der Waals surface area contributed by atoms with Crippen molar-refractivity contribution in [2.75, 3.05) is 40.8 Å². The van der Waals surface area contributed by atoms with Gasteiger partial charge >= 0.3 is 0 Å². The Morgan fingerprint density at radius 3 is 1.63 bits per heavy atom. The van der Waals surface area contributed by atoms with Gasteiger partial charge in [-0.1, -0.05) is 19.8 Å². The predicted octanol–water partition coefficient (Wildman–Crippen LogP) is 0.182. The third-order valence-electron chi connectivity index (χ3n) is 4.67. The second-order valence-corrected chi connectivity index (χ2v) is 7.23. The molecule has 0 radical (unpaired) electrons. The summed E-state index contributed by atoms with van der Waals surface area (Å²) in [6, 6.07) is 0. The molecule has 0 aromatic heterocycles. The molecular formula is C21H40IN3O2. The monoisotopic (exact) mass is 493 g/mol. The van der Waals surface area contributed by atoms with Gasteiger partial charge in [0.25, 0.3) is 0 Å². The number of nitrogens with zero attached hydrogens (tertiary/aromatic N) is 1. The highest BCUT2D eigenvalue weighted by atomic mass is 127. The van der Waals surface area contributed by atoms with Crippen LogP contribution < -0.4 is 34.6 Å². The maximum absolute atomic E-state index is 11.8. The van der Waals surface area contributed by atoms with Crippen molar-refractivity contribution in [3.05, 3.63) is 24.6 Å². The number of rotatable bonds is 17. The first kappa shape index (κ1) is 28.3. The van der Waals surface area contributed by atoms with Crippen LogP contribution in [0.1, 0.15) is 58.3 Å². The van der Waals surface area contributed by atoms with Gasteiger partial charge in [0.15, 0.2) is 11.6 Å². The van der Waals surface area contributed by atoms with Crippen LogP contribution in [0, 0.1) is 0 Å². The molecule has 0 aliphatic carbocycles. The van der Waals surface area contributed by atoms with Gasteiger partial charge < -0.3 is 39.1 Å². The first-order chi connectivity index (χ1) is 12.5. The van der Waals surface area contributed by atoms with E-state index in [1.165, 1.54) is 25.7 Å². The number of carbonyl (C=O) groups is 2. The lowest BCUT2D eigenvalue weighted by Crippen LogP contribution is -3.00. The van der Waals surface area contributed by atoms with Gasteiger partial charge in [0.2, 0.25) is 0 Å². The molecular weight excluding hydrogens is 453 g/mol. The highest BCUT2D eigenvalue weighted by molar-refractivity contribution is 5.89. The van der Waals surface area contributed by atoms with Crippen molar-refractivity contribution in [1.29, 1.82) is 0 Å². The Balaban J connectivity index is 0. The lowest BCUT2D eigenvalue weighted by atomic mass is 10.1. The molecule has 0 aromatic rings. The molecule has 0 amide bonds. The van der Waals surface area contributed by atoms with E-state index in [-0.39, 0.29) is 35.5 Å². The molecule has 0 aromatic carbocycles. The Hall–Kier alpha value is -0.890. The van der Waals surface area contributed by atoms with Crippen LogP contribution in [0.2, 0.25) is 0 Å². The lowest BCUT2D eigenvalue weighted by Gasteiger charge is -2.35. The van der Waals surface area contributed by atoms with E-state index in [1.807, 2.05) is 0 Å². The maximum atomic E-state index is 11.8. The average Bonchev–Trinajstić information content (AvgIpc) is 2.62. The van der Waals surface area contributed by atoms with Crippen molar-refractivity contribution in [3.8, 4) is 0 Å². The zero-order chi connectivity index (χ0) is 19.7. The number of quaternary nitrogens is 1. The minimum Gasteiger partial charge on any atom is -1.00 e. The van der Waals surface area contributed by atoms with Crippen LogP contribution in [0.5, 0.6) is 0 Å². The Morgan fingerprint density at radius 1 is 0.778 bits per heavy atom. The zero-order valence-electron chi connectivity index (χ0n) is 17.7. The molecule has 0 rings (SSSR count). The normalized spacial score (nSPS) is 13.3. The average molecular weight is 493 g/mol. The number of ketones is 2. The second-order valence-electron chi connectivity index (χ2n) is 7.23. The Morgan fingerprint density at radius 2 is 1.22 bits per heavy atom. The van der Waals surface area contributed by atoms with E-state index in [1.54, 1.807) is 38.6 Å². The fourth-order valence-corrected chi connectivity index (χ4v) is 3.04. The quantitative estimate of drug-likeness (QED) is 0.131. The predicted molar refractivity (Wildman–Crippen MR) is 110 cm³/mol. The summed E-state index contributed by atoms with van der Waals surface area (Å²) < 4.78 is 0.954. The molecule has 158 valence electrons. The van der Waals surface area contributed by atoms with Crippen LogP contribution in [-0.4, -0.2) is 56.8 Å². The minimum atomic E-state index is 0. The summed E-state index contributed by atoms with van der Waals surface area (Å²) in [5.74, 6) is 0.341. The van der Waals surface area contributed by atoms with Crippen molar-refractivity contribution >= 4 is 11.6 Å². The standard InChI is InChI=1S/C21H39N3O2.HI/c1-5-6-7-8-17-24(4,18-9-11-20(25)13-15-22-2)19-10-12-21(26)14-16-23-3;/h13-16H,5-12,17-19H2,1-4H3,(H-,22,23,25,26);1H. The summed E-state index contributed by atoms with van der Waals surface area (Å²) in [5, 5.41) is 5.70. The summed E-state index contributed by atoms with van der Waals surface area (Å²) in [6.45, 7) is 5.33. The van der Waals surface area contributed by atoms with Crippen molar-refractivity contribution in [2.45, 2.75) is 58.3 Å². The van der Waals surface area contributed by atoms with Crippen LogP contribution in [0.4, 0.5) is 0 Å². The van der Waals surface area contributed by atoms with E-state index >= 15 is 0 Å². The van der Waals surface area contributed by atoms with E-state index in [4.69, 9.17) is 0 Å². The SMILES string of the molecule is CCCCCC[N+](C)(CCCC(=O)C=CNC)CCCC(=O)C=CNC.[I-]. The highest BCUT2D eigenvalue weighted by Crippen LogP contribution is 2.13. The Bertz CT molecular complexity index is 419. The molecule has 27 heavy (non-hydrogen) atoms. The summed E-state index contributed by atoms with van der Waals surface area (Å²) >= 11 is 0. The number of nitrogens with one attached hydrogen (secondary N) is 2. The van der Waals surface area contributed by atoms with Gasteiger partial charge in [-0.25, -0.2) is 0 Å². The zero-order valence-corrected chi connectivity index (χ0v) is 19.9. The van der Waals surface area contributed by atoms with Gasteiger partial charge in [-0.05, 0) is 37.4 Å². The van der Waals surface area contributed by atoms with Crippen LogP contribution in [0.15, 0.2) is 24.6 Å². The molecule has 0 bridgehead atoms. The molecule has 0 atom stereocenters. The summed E-state index contributed by atoms with van der Waals surface area (Å²) in [6.07, 6.45) is 14.5. The topological polar surface area (TPSA) is 58.2 Å². The lowest BCUT2D eigenvalue weighted by molar-refractivity contribution is -0.910. The fourth-order valence-electron chi connectivity index (χ4n) is 3.04.